The predicted molar refractivity (Wildman–Crippen MR) is 84.4 cm³/mol. The standard InChI is InChI=1S/C15H27N5/c1-13(19(2)3)12-17-15-16-9-8-14(18-15)20-10-6-4-5-7-11-20/h8-9,13H,4-7,10-12H2,1-3H3,(H,16,17,18). The zero-order valence-electron chi connectivity index (χ0n) is 13.0. The summed E-state index contributed by atoms with van der Waals surface area (Å²) in [5.74, 6) is 1.79. The molecule has 2 heterocycles. The summed E-state index contributed by atoms with van der Waals surface area (Å²) in [4.78, 5) is 13.5. The fourth-order valence-electron chi connectivity index (χ4n) is 2.33. The Balaban J connectivity index is 1.96. The normalized spacial score (nSPS) is 17.9. The Morgan fingerprint density at radius 3 is 2.60 bits per heavy atom. The first-order valence-electron chi connectivity index (χ1n) is 7.65. The highest BCUT2D eigenvalue weighted by atomic mass is 15.2. The molecular formula is C15H27N5. The Labute approximate surface area is 122 Å². The molecule has 0 radical (unpaired) electrons. The van der Waals surface area contributed by atoms with Crippen molar-refractivity contribution in [3.8, 4) is 0 Å². The van der Waals surface area contributed by atoms with Gasteiger partial charge in [-0.15, -0.1) is 0 Å². The van der Waals surface area contributed by atoms with E-state index in [4.69, 9.17) is 0 Å². The summed E-state index contributed by atoms with van der Waals surface area (Å²) in [6.07, 6.45) is 7.07. The number of anilines is 2. The largest absolute Gasteiger partial charge is 0.356 e. The minimum atomic E-state index is 0.459. The molecule has 0 bridgehead atoms. The van der Waals surface area contributed by atoms with E-state index in [-0.39, 0.29) is 0 Å². The lowest BCUT2D eigenvalue weighted by Gasteiger charge is -2.22. The van der Waals surface area contributed by atoms with Crippen LogP contribution in [0.2, 0.25) is 0 Å². The van der Waals surface area contributed by atoms with Crippen molar-refractivity contribution in [3.63, 3.8) is 0 Å². The van der Waals surface area contributed by atoms with Crippen molar-refractivity contribution in [2.45, 2.75) is 38.6 Å². The van der Waals surface area contributed by atoms with Gasteiger partial charge in [0.2, 0.25) is 5.95 Å². The van der Waals surface area contributed by atoms with Crippen LogP contribution in [-0.2, 0) is 0 Å². The van der Waals surface area contributed by atoms with E-state index in [9.17, 15) is 0 Å². The quantitative estimate of drug-likeness (QED) is 0.894. The predicted octanol–water partition coefficient (Wildman–Crippen LogP) is 2.22. The average molecular weight is 277 g/mol. The van der Waals surface area contributed by atoms with E-state index >= 15 is 0 Å². The number of hydrogen-bond donors (Lipinski definition) is 1. The molecule has 0 spiro atoms. The summed E-state index contributed by atoms with van der Waals surface area (Å²) >= 11 is 0. The van der Waals surface area contributed by atoms with E-state index in [1.807, 2.05) is 12.3 Å². The molecule has 0 saturated carbocycles. The molecule has 5 heteroatoms. The highest BCUT2D eigenvalue weighted by Crippen LogP contribution is 2.17. The van der Waals surface area contributed by atoms with Crippen LogP contribution in [0.5, 0.6) is 0 Å². The first-order valence-corrected chi connectivity index (χ1v) is 7.65. The lowest BCUT2D eigenvalue weighted by atomic mass is 10.2. The maximum Gasteiger partial charge on any atom is 0.224 e. The first-order chi connectivity index (χ1) is 9.66. The molecule has 1 aromatic rings. The molecule has 5 nitrogen and oxygen atoms in total. The molecule has 1 fully saturated rings. The maximum absolute atomic E-state index is 4.65. The van der Waals surface area contributed by atoms with Crippen LogP contribution in [0.15, 0.2) is 12.3 Å². The van der Waals surface area contributed by atoms with E-state index in [0.29, 0.717) is 6.04 Å². The van der Waals surface area contributed by atoms with Crippen LogP contribution in [0.4, 0.5) is 11.8 Å². The second kappa shape index (κ2) is 7.43. The number of nitrogens with one attached hydrogen (secondary N) is 1. The van der Waals surface area contributed by atoms with Crippen molar-refractivity contribution in [1.82, 2.24) is 14.9 Å². The summed E-state index contributed by atoms with van der Waals surface area (Å²) in [6, 6.07) is 2.48. The van der Waals surface area contributed by atoms with E-state index in [1.165, 1.54) is 25.7 Å². The Bertz CT molecular complexity index is 399. The molecule has 2 rings (SSSR count). The fourth-order valence-corrected chi connectivity index (χ4v) is 2.33. The lowest BCUT2D eigenvalue weighted by molar-refractivity contribution is 0.326. The third-order valence-electron chi connectivity index (χ3n) is 4.01. The van der Waals surface area contributed by atoms with E-state index in [1.54, 1.807) is 0 Å². The zero-order chi connectivity index (χ0) is 14.4. The minimum Gasteiger partial charge on any atom is -0.356 e. The molecule has 1 aliphatic rings. The molecule has 1 atom stereocenters. The molecule has 1 aliphatic heterocycles. The van der Waals surface area contributed by atoms with Gasteiger partial charge in [-0.1, -0.05) is 12.8 Å². The van der Waals surface area contributed by atoms with Crippen LogP contribution >= 0.6 is 0 Å². The molecule has 1 unspecified atom stereocenters. The topological polar surface area (TPSA) is 44.3 Å². The Hall–Kier alpha value is -1.36. The highest BCUT2D eigenvalue weighted by molar-refractivity contribution is 5.42. The Morgan fingerprint density at radius 1 is 1.25 bits per heavy atom. The Kier molecular flexibility index (Phi) is 5.59. The van der Waals surface area contributed by atoms with Crippen LogP contribution in [0.3, 0.4) is 0 Å². The van der Waals surface area contributed by atoms with Crippen LogP contribution < -0.4 is 10.2 Å². The second-order valence-electron chi connectivity index (χ2n) is 5.83. The van der Waals surface area contributed by atoms with Crippen LogP contribution in [-0.4, -0.2) is 54.6 Å². The van der Waals surface area contributed by atoms with Crippen LogP contribution in [0.1, 0.15) is 32.6 Å². The summed E-state index contributed by atoms with van der Waals surface area (Å²) in [6.45, 7) is 5.28. The monoisotopic (exact) mass is 277 g/mol. The summed E-state index contributed by atoms with van der Waals surface area (Å²) in [7, 11) is 4.17. The second-order valence-corrected chi connectivity index (χ2v) is 5.83. The molecule has 112 valence electrons. The number of nitrogens with zero attached hydrogens (tertiary/aromatic N) is 4. The van der Waals surface area contributed by atoms with Gasteiger partial charge in [0.15, 0.2) is 0 Å². The van der Waals surface area contributed by atoms with Gasteiger partial charge in [0.05, 0.1) is 0 Å². The van der Waals surface area contributed by atoms with Crippen molar-refractivity contribution < 1.29 is 0 Å². The fraction of sp³-hybridized carbons (Fsp3) is 0.733. The summed E-state index contributed by atoms with van der Waals surface area (Å²) in [5, 5.41) is 3.33. The molecule has 0 aromatic carbocycles. The van der Waals surface area contributed by atoms with Gasteiger partial charge in [0.1, 0.15) is 5.82 Å². The van der Waals surface area contributed by atoms with Gasteiger partial charge in [0.25, 0.3) is 0 Å². The molecule has 0 aliphatic carbocycles. The molecule has 20 heavy (non-hydrogen) atoms. The maximum atomic E-state index is 4.65. The molecule has 1 N–H and O–H groups in total. The van der Waals surface area contributed by atoms with Gasteiger partial charge in [-0.3, -0.25) is 0 Å². The number of rotatable bonds is 5. The highest BCUT2D eigenvalue weighted by Gasteiger charge is 2.12. The molecular weight excluding hydrogens is 250 g/mol. The van der Waals surface area contributed by atoms with Crippen molar-refractivity contribution in [1.29, 1.82) is 0 Å². The zero-order valence-corrected chi connectivity index (χ0v) is 13.0. The smallest absolute Gasteiger partial charge is 0.224 e. The Morgan fingerprint density at radius 2 is 1.95 bits per heavy atom. The van der Waals surface area contributed by atoms with Gasteiger partial charge in [0, 0.05) is 31.9 Å². The number of likely N-dealkylation sites (N-methyl/N-ethyl adjacent to an activating group) is 1. The lowest BCUT2D eigenvalue weighted by Crippen LogP contribution is -2.32. The average Bonchev–Trinajstić information content (AvgIpc) is 2.74. The first kappa shape index (κ1) is 15.0. The van der Waals surface area contributed by atoms with Crippen molar-refractivity contribution >= 4 is 11.8 Å². The van der Waals surface area contributed by atoms with E-state index < -0.39 is 0 Å². The molecule has 1 aromatic heterocycles. The van der Waals surface area contributed by atoms with Crippen molar-refractivity contribution in [3.05, 3.63) is 12.3 Å². The van der Waals surface area contributed by atoms with Crippen molar-refractivity contribution in [2.75, 3.05) is 43.9 Å². The number of aromatic nitrogens is 2. The SMILES string of the molecule is CC(CNc1nccc(N2CCCCCC2)n1)N(C)C. The van der Waals surface area contributed by atoms with Gasteiger partial charge in [-0.05, 0) is 39.9 Å². The molecule has 0 amide bonds. The van der Waals surface area contributed by atoms with Gasteiger partial charge < -0.3 is 15.1 Å². The van der Waals surface area contributed by atoms with Gasteiger partial charge >= 0.3 is 0 Å². The third-order valence-corrected chi connectivity index (χ3v) is 4.01. The van der Waals surface area contributed by atoms with E-state index in [0.717, 1.165) is 31.4 Å². The summed E-state index contributed by atoms with van der Waals surface area (Å²) < 4.78 is 0. The van der Waals surface area contributed by atoms with Crippen molar-refractivity contribution in [2.24, 2.45) is 0 Å². The van der Waals surface area contributed by atoms with Gasteiger partial charge in [-0.2, -0.15) is 4.98 Å². The van der Waals surface area contributed by atoms with Gasteiger partial charge in [-0.25, -0.2) is 4.98 Å². The van der Waals surface area contributed by atoms with Crippen LogP contribution in [0.25, 0.3) is 0 Å². The van der Waals surface area contributed by atoms with E-state index in [2.05, 4.69) is 46.1 Å². The minimum absolute atomic E-state index is 0.459. The number of hydrogen-bond acceptors (Lipinski definition) is 5. The summed E-state index contributed by atoms with van der Waals surface area (Å²) in [5.41, 5.74) is 0. The molecule has 1 saturated heterocycles. The third kappa shape index (κ3) is 4.34. The van der Waals surface area contributed by atoms with Crippen LogP contribution in [0, 0.1) is 0 Å².